The first-order valence-corrected chi connectivity index (χ1v) is 13.9. The van der Waals surface area contributed by atoms with Crippen LogP contribution in [0.4, 0.5) is 5.69 Å². The van der Waals surface area contributed by atoms with Crippen LogP contribution in [-0.2, 0) is 14.8 Å². The zero-order valence-electron chi connectivity index (χ0n) is 21.2. The predicted molar refractivity (Wildman–Crippen MR) is 138 cm³/mol. The fourth-order valence-corrected chi connectivity index (χ4v) is 6.32. The summed E-state index contributed by atoms with van der Waals surface area (Å²) in [5.41, 5.74) is 2.11. The van der Waals surface area contributed by atoms with Crippen molar-refractivity contribution in [2.75, 3.05) is 44.1 Å². The van der Waals surface area contributed by atoms with Crippen molar-refractivity contribution in [2.45, 2.75) is 50.7 Å². The van der Waals surface area contributed by atoms with Gasteiger partial charge in [0.25, 0.3) is 15.9 Å². The molecular weight excluding hydrogens is 462 g/mol. The number of nitrogens with zero attached hydrogens (tertiary/aromatic N) is 3. The molecule has 0 saturated carbocycles. The largest absolute Gasteiger partial charge is 0.373 e. The van der Waals surface area contributed by atoms with Gasteiger partial charge in [-0.15, -0.1) is 0 Å². The van der Waals surface area contributed by atoms with Crippen LogP contribution in [-0.4, -0.2) is 76.1 Å². The number of benzene rings is 2. The van der Waals surface area contributed by atoms with E-state index < -0.39 is 10.0 Å². The van der Waals surface area contributed by atoms with Crippen LogP contribution in [0, 0.1) is 12.8 Å². The van der Waals surface area contributed by atoms with E-state index in [1.165, 1.54) is 11.4 Å². The molecule has 2 saturated heterocycles. The lowest BCUT2D eigenvalue weighted by molar-refractivity contribution is -0.0728. The first-order chi connectivity index (χ1) is 16.6. The van der Waals surface area contributed by atoms with Crippen LogP contribution in [0.2, 0.25) is 0 Å². The van der Waals surface area contributed by atoms with Gasteiger partial charge in [-0.05, 0) is 75.9 Å². The first kappa shape index (κ1) is 25.7. The quantitative estimate of drug-likeness (QED) is 0.605. The first-order valence-electron chi connectivity index (χ1n) is 12.5. The number of rotatable bonds is 6. The van der Waals surface area contributed by atoms with Crippen LogP contribution >= 0.6 is 0 Å². The molecule has 0 radical (unpaired) electrons. The molecule has 2 aliphatic heterocycles. The van der Waals surface area contributed by atoms with E-state index in [4.69, 9.17) is 4.74 Å². The minimum Gasteiger partial charge on any atom is -0.373 e. The lowest BCUT2D eigenvalue weighted by atomic mass is 9.95. The topological polar surface area (TPSA) is 70.2 Å². The second-order valence-corrected chi connectivity index (χ2v) is 12.0. The van der Waals surface area contributed by atoms with E-state index in [1.54, 1.807) is 48.5 Å². The second kappa shape index (κ2) is 10.7. The average Bonchev–Trinajstić information content (AvgIpc) is 2.83. The number of amides is 1. The molecule has 2 atom stereocenters. The summed E-state index contributed by atoms with van der Waals surface area (Å²) in [6.07, 6.45) is 2.55. The Morgan fingerprint density at radius 1 is 0.971 bits per heavy atom. The smallest absolute Gasteiger partial charge is 0.264 e. The molecule has 2 heterocycles. The van der Waals surface area contributed by atoms with Crippen molar-refractivity contribution in [3.05, 3.63) is 59.7 Å². The predicted octanol–water partition coefficient (Wildman–Crippen LogP) is 3.78. The van der Waals surface area contributed by atoms with Gasteiger partial charge >= 0.3 is 0 Å². The lowest BCUT2D eigenvalue weighted by Crippen LogP contribution is -2.48. The van der Waals surface area contributed by atoms with Gasteiger partial charge in [-0.2, -0.15) is 0 Å². The van der Waals surface area contributed by atoms with Crippen molar-refractivity contribution in [1.29, 1.82) is 0 Å². The van der Waals surface area contributed by atoms with Gasteiger partial charge in [0.2, 0.25) is 0 Å². The Morgan fingerprint density at radius 3 is 2.11 bits per heavy atom. The molecule has 2 unspecified atom stereocenters. The lowest BCUT2D eigenvalue weighted by Gasteiger charge is -2.39. The Balaban J connectivity index is 1.33. The third kappa shape index (κ3) is 6.05. The molecule has 2 aliphatic rings. The number of morpholine rings is 1. The fraction of sp³-hybridized carbons (Fsp3) is 0.519. The molecule has 0 spiro atoms. The summed E-state index contributed by atoms with van der Waals surface area (Å²) in [6.45, 7) is 10.7. The highest BCUT2D eigenvalue weighted by atomic mass is 32.2. The molecule has 7 nitrogen and oxygen atoms in total. The van der Waals surface area contributed by atoms with Crippen LogP contribution in [0.25, 0.3) is 0 Å². The molecule has 35 heavy (non-hydrogen) atoms. The Bertz CT molecular complexity index is 1100. The Hall–Kier alpha value is -2.42. The zero-order valence-corrected chi connectivity index (χ0v) is 22.0. The Labute approximate surface area is 209 Å². The number of anilines is 1. The molecule has 0 N–H and O–H groups in total. The van der Waals surface area contributed by atoms with Gasteiger partial charge in [-0.1, -0.05) is 17.7 Å². The molecule has 4 rings (SSSR count). The summed E-state index contributed by atoms with van der Waals surface area (Å²) >= 11 is 0. The maximum atomic E-state index is 13.1. The normalized spacial score (nSPS) is 22.2. The van der Waals surface area contributed by atoms with E-state index in [0.717, 1.165) is 51.1 Å². The number of carbonyl (C=O) groups excluding carboxylic acids is 1. The van der Waals surface area contributed by atoms with Gasteiger partial charge in [-0.3, -0.25) is 14.0 Å². The summed E-state index contributed by atoms with van der Waals surface area (Å²) in [6, 6.07) is 13.6. The molecule has 2 aromatic carbocycles. The molecule has 0 bridgehead atoms. The van der Waals surface area contributed by atoms with Crippen LogP contribution in [0.15, 0.2) is 53.4 Å². The van der Waals surface area contributed by atoms with Crippen molar-refractivity contribution < 1.29 is 17.9 Å². The highest BCUT2D eigenvalue weighted by Crippen LogP contribution is 2.25. The summed E-state index contributed by atoms with van der Waals surface area (Å²) < 4.78 is 33.0. The third-order valence-corrected chi connectivity index (χ3v) is 8.87. The van der Waals surface area contributed by atoms with Crippen LogP contribution in [0.1, 0.15) is 42.6 Å². The maximum Gasteiger partial charge on any atom is 0.264 e. The molecule has 2 aromatic rings. The van der Waals surface area contributed by atoms with Crippen LogP contribution in [0.5, 0.6) is 0 Å². The van der Waals surface area contributed by atoms with Crippen molar-refractivity contribution in [3.63, 3.8) is 0 Å². The number of hydrogen-bond donors (Lipinski definition) is 0. The van der Waals surface area contributed by atoms with E-state index in [0.29, 0.717) is 17.2 Å². The standard InChI is InChI=1S/C27H37N3O4S/c1-20-5-11-26(12-6-20)35(32,33)28(4)25-9-7-24(8-10-25)27(31)30-15-13-23(14-16-30)19-29-17-21(2)34-22(3)18-29/h5-12,21-23H,13-19H2,1-4H3. The van der Waals surface area contributed by atoms with Crippen LogP contribution in [0.3, 0.4) is 0 Å². The van der Waals surface area contributed by atoms with Crippen molar-refractivity contribution in [1.82, 2.24) is 9.80 Å². The number of aryl methyl sites for hydroxylation is 1. The number of ether oxygens (including phenoxy) is 1. The molecule has 2 fully saturated rings. The second-order valence-electron chi connectivity index (χ2n) is 10.0. The Kier molecular flexibility index (Phi) is 7.83. The molecule has 8 heteroatoms. The van der Waals surface area contributed by atoms with E-state index >= 15 is 0 Å². The highest BCUT2D eigenvalue weighted by Gasteiger charge is 2.28. The molecular formula is C27H37N3O4S. The molecule has 1 amide bonds. The number of carbonyl (C=O) groups is 1. The number of piperidine rings is 1. The highest BCUT2D eigenvalue weighted by molar-refractivity contribution is 7.92. The minimum absolute atomic E-state index is 0.00709. The average molecular weight is 500 g/mol. The summed E-state index contributed by atoms with van der Waals surface area (Å²) in [7, 11) is -2.13. The van der Waals surface area contributed by atoms with E-state index in [-0.39, 0.29) is 23.0 Å². The van der Waals surface area contributed by atoms with Gasteiger partial charge in [0.1, 0.15) is 0 Å². The van der Waals surface area contributed by atoms with Gasteiger partial charge < -0.3 is 9.64 Å². The van der Waals surface area contributed by atoms with Crippen molar-refractivity contribution >= 4 is 21.6 Å². The number of hydrogen-bond acceptors (Lipinski definition) is 5. The fourth-order valence-electron chi connectivity index (χ4n) is 5.12. The van der Waals surface area contributed by atoms with Gasteiger partial charge in [0, 0.05) is 45.3 Å². The summed E-state index contributed by atoms with van der Waals surface area (Å²) in [4.78, 5) is 17.7. The summed E-state index contributed by atoms with van der Waals surface area (Å²) in [5, 5.41) is 0. The number of likely N-dealkylation sites (tertiary alicyclic amines) is 1. The van der Waals surface area contributed by atoms with Gasteiger partial charge in [0.15, 0.2) is 0 Å². The van der Waals surface area contributed by atoms with Crippen molar-refractivity contribution in [2.24, 2.45) is 5.92 Å². The van der Waals surface area contributed by atoms with Crippen molar-refractivity contribution in [3.8, 4) is 0 Å². The van der Waals surface area contributed by atoms with E-state index in [9.17, 15) is 13.2 Å². The SMILES string of the molecule is Cc1ccc(S(=O)(=O)N(C)c2ccc(C(=O)N3CCC(CN4CC(C)OC(C)C4)CC3)cc2)cc1. The van der Waals surface area contributed by atoms with Gasteiger partial charge in [0.05, 0.1) is 22.8 Å². The molecule has 190 valence electrons. The molecule has 0 aromatic heterocycles. The van der Waals surface area contributed by atoms with Gasteiger partial charge in [-0.25, -0.2) is 8.42 Å². The number of sulfonamides is 1. The minimum atomic E-state index is -3.66. The zero-order chi connectivity index (χ0) is 25.2. The van der Waals surface area contributed by atoms with E-state index in [2.05, 4.69) is 18.7 Å². The monoisotopic (exact) mass is 499 g/mol. The third-order valence-electron chi connectivity index (χ3n) is 7.07. The Morgan fingerprint density at radius 2 is 1.54 bits per heavy atom. The molecule has 0 aliphatic carbocycles. The summed E-state index contributed by atoms with van der Waals surface area (Å²) in [5.74, 6) is 0.604. The van der Waals surface area contributed by atoms with Crippen LogP contribution < -0.4 is 4.31 Å². The maximum absolute atomic E-state index is 13.1. The van der Waals surface area contributed by atoms with E-state index in [1.807, 2.05) is 11.8 Å².